The van der Waals surface area contributed by atoms with E-state index in [2.05, 4.69) is 0 Å². The largest absolute Gasteiger partial charge is 2.00 e. The van der Waals surface area contributed by atoms with Gasteiger partial charge in [0.1, 0.15) is 11.6 Å². The molecule has 0 N–H and O–H groups in total. The molecule has 0 spiro atoms. The van der Waals surface area contributed by atoms with Crippen molar-refractivity contribution in [2.75, 3.05) is 0 Å². The second kappa shape index (κ2) is 11.9. The van der Waals surface area contributed by atoms with Crippen LogP contribution in [0.3, 0.4) is 0 Å². The van der Waals surface area contributed by atoms with Gasteiger partial charge in [0.25, 0.3) is 0 Å². The fourth-order valence-electron chi connectivity index (χ4n) is 1.24. The second-order valence-corrected chi connectivity index (χ2v) is 3.78. The topological polar surface area (TPSA) is 114 Å². The smallest absolute Gasteiger partial charge is 0.549 e. The molecule has 0 aromatic rings. The maximum absolute atomic E-state index is 10.4. The minimum absolute atomic E-state index is 0. The Hall–Kier alpha value is -1.21. The Morgan fingerprint density at radius 1 is 0.789 bits per heavy atom. The Balaban J connectivity index is -0.000000256. The maximum atomic E-state index is 10.4. The van der Waals surface area contributed by atoms with Crippen LogP contribution in [0, 0.1) is 11.8 Å². The first-order chi connectivity index (χ1) is 8.18. The molecule has 0 aromatic heterocycles. The van der Waals surface area contributed by atoms with Gasteiger partial charge in [0.05, 0.1) is 23.8 Å². The van der Waals surface area contributed by atoms with Crippen molar-refractivity contribution in [3.8, 4) is 0 Å². The number of rotatable bonds is 6. The van der Waals surface area contributed by atoms with Crippen molar-refractivity contribution in [1.29, 1.82) is 0 Å². The molecule has 0 fully saturated rings. The summed E-state index contributed by atoms with van der Waals surface area (Å²) < 4.78 is 0. The van der Waals surface area contributed by atoms with Gasteiger partial charge in [0.15, 0.2) is 0 Å². The molecule has 0 aromatic carbocycles. The van der Waals surface area contributed by atoms with Gasteiger partial charge in [-0.1, -0.05) is 13.8 Å². The van der Waals surface area contributed by atoms with E-state index >= 15 is 0 Å². The van der Waals surface area contributed by atoms with Crippen molar-refractivity contribution in [2.45, 2.75) is 40.5 Å². The zero-order chi connectivity index (χ0) is 14.9. The third kappa shape index (κ3) is 10.4. The van der Waals surface area contributed by atoms with E-state index in [0.29, 0.717) is 12.8 Å². The average molecular weight is 317 g/mol. The van der Waals surface area contributed by atoms with Gasteiger partial charge in [0.2, 0.25) is 0 Å². The summed E-state index contributed by atoms with van der Waals surface area (Å²) in [4.78, 5) is 40.9. The summed E-state index contributed by atoms with van der Waals surface area (Å²) in [6, 6.07) is 0. The second-order valence-electron chi connectivity index (χ2n) is 3.78. The predicted octanol–water partition coefficient (Wildman–Crippen LogP) is -1.30. The van der Waals surface area contributed by atoms with Crippen LogP contribution in [-0.4, -0.2) is 23.5 Å². The van der Waals surface area contributed by atoms with Crippen molar-refractivity contribution in [3.05, 3.63) is 0 Å². The fourth-order valence-corrected chi connectivity index (χ4v) is 1.24. The molecule has 0 aliphatic rings. The van der Waals surface area contributed by atoms with E-state index in [9.17, 15) is 29.4 Å². The van der Waals surface area contributed by atoms with Gasteiger partial charge in [-0.2, -0.15) is 0 Å². The minimum Gasteiger partial charge on any atom is -0.549 e. The van der Waals surface area contributed by atoms with Gasteiger partial charge >= 0.3 is 16.8 Å². The normalized spacial score (nSPS) is 12.0. The predicted molar refractivity (Wildman–Crippen MR) is 58.9 cm³/mol. The molecule has 0 bridgehead atoms. The molecule has 111 valence electrons. The van der Waals surface area contributed by atoms with Crippen LogP contribution >= 0.6 is 0 Å². The minimum atomic E-state index is -1.27. The van der Waals surface area contributed by atoms with Crippen LogP contribution in [0.15, 0.2) is 0 Å². The summed E-state index contributed by atoms with van der Waals surface area (Å²) in [5.41, 5.74) is 0. The van der Waals surface area contributed by atoms with Crippen molar-refractivity contribution < 1.29 is 46.2 Å². The van der Waals surface area contributed by atoms with E-state index in [-0.39, 0.29) is 28.3 Å². The van der Waals surface area contributed by atoms with Crippen LogP contribution in [0.5, 0.6) is 0 Å². The van der Waals surface area contributed by atoms with Gasteiger partial charge in [-0.3, -0.25) is 9.59 Å². The fraction of sp³-hybridized carbons (Fsp3) is 0.667. The van der Waals surface area contributed by atoms with Crippen LogP contribution < -0.4 is 10.2 Å². The van der Waals surface area contributed by atoms with Gasteiger partial charge in [-0.15, -0.1) is 0 Å². The molecule has 0 heterocycles. The number of ketones is 2. The molecule has 1 radical (unpaired) electrons. The average Bonchev–Trinajstić information content (AvgIpc) is 2.17. The standard InChI is InChI=1S/2C6H10O3.Co/c2*1-3-5(4(2)7)6(8)9;/h2*5H,3H2,1-2H3,(H,8,9);/q;;+2/p-2. The van der Waals surface area contributed by atoms with Gasteiger partial charge in [0, 0.05) is 0 Å². The van der Waals surface area contributed by atoms with E-state index < -0.39 is 23.8 Å². The van der Waals surface area contributed by atoms with Crippen LogP contribution in [0.2, 0.25) is 0 Å². The summed E-state index contributed by atoms with van der Waals surface area (Å²) >= 11 is 0. The van der Waals surface area contributed by atoms with Crippen molar-refractivity contribution in [1.82, 2.24) is 0 Å². The number of carbonyl (C=O) groups excluding carboxylic acids is 4. The maximum Gasteiger partial charge on any atom is 2.00 e. The number of carbonyl (C=O) groups is 4. The van der Waals surface area contributed by atoms with E-state index in [1.807, 2.05) is 0 Å². The molecule has 0 rings (SSSR count). The van der Waals surface area contributed by atoms with Crippen molar-refractivity contribution in [3.63, 3.8) is 0 Å². The third-order valence-electron chi connectivity index (χ3n) is 2.37. The number of Topliss-reactive ketones (excluding diaryl/α,β-unsaturated/α-hetero) is 2. The quantitative estimate of drug-likeness (QED) is 0.562. The van der Waals surface area contributed by atoms with Crippen LogP contribution in [0.25, 0.3) is 0 Å². The molecule has 0 saturated carbocycles. The molecule has 19 heavy (non-hydrogen) atoms. The molecular weight excluding hydrogens is 299 g/mol. The van der Waals surface area contributed by atoms with Crippen LogP contribution in [0.1, 0.15) is 40.5 Å². The van der Waals surface area contributed by atoms with Gasteiger partial charge < -0.3 is 19.8 Å². The summed E-state index contributed by atoms with van der Waals surface area (Å²) in [6.07, 6.45) is 0.634. The zero-order valence-corrected chi connectivity index (χ0v) is 12.4. The van der Waals surface area contributed by atoms with E-state index in [1.54, 1.807) is 13.8 Å². The third-order valence-corrected chi connectivity index (χ3v) is 2.37. The number of carboxylic acids is 2. The Morgan fingerprint density at radius 3 is 1.00 bits per heavy atom. The first-order valence-corrected chi connectivity index (χ1v) is 5.61. The number of hydrogen-bond donors (Lipinski definition) is 0. The molecule has 0 saturated heterocycles. The van der Waals surface area contributed by atoms with Gasteiger partial charge in [-0.25, -0.2) is 0 Å². The molecule has 0 aliphatic carbocycles. The SMILES string of the molecule is CCC(C(C)=O)C(=O)[O-].CCC(C(C)=O)C(=O)[O-].[Co+2]. The Bertz CT molecular complexity index is 266. The molecule has 0 aliphatic heterocycles. The summed E-state index contributed by atoms with van der Waals surface area (Å²) in [5.74, 6) is -5.04. The monoisotopic (exact) mass is 317 g/mol. The van der Waals surface area contributed by atoms with Crippen LogP contribution in [0.4, 0.5) is 0 Å². The van der Waals surface area contributed by atoms with E-state index in [4.69, 9.17) is 0 Å². The summed E-state index contributed by atoms with van der Waals surface area (Å²) in [7, 11) is 0. The Morgan fingerprint density at radius 2 is 1.00 bits per heavy atom. The van der Waals surface area contributed by atoms with E-state index in [0.717, 1.165) is 0 Å². The Kier molecular flexibility index (Phi) is 14.3. The summed E-state index contributed by atoms with van der Waals surface area (Å²) in [6.45, 7) is 5.79. The van der Waals surface area contributed by atoms with Crippen molar-refractivity contribution in [2.24, 2.45) is 11.8 Å². The first kappa shape index (κ1) is 22.9. The molecular formula is C12H18CoO6. The van der Waals surface area contributed by atoms with Gasteiger partial charge in [-0.05, 0) is 26.7 Å². The first-order valence-electron chi connectivity index (χ1n) is 5.61. The molecule has 7 heteroatoms. The molecule has 0 amide bonds. The Labute approximate surface area is 122 Å². The number of hydrogen-bond acceptors (Lipinski definition) is 6. The summed E-state index contributed by atoms with van der Waals surface area (Å²) in [5, 5.41) is 20.1. The number of carboxylic acid groups (broad SMARTS) is 2. The molecule has 6 nitrogen and oxygen atoms in total. The number of aliphatic carboxylic acids is 2. The zero-order valence-electron chi connectivity index (χ0n) is 11.4. The van der Waals surface area contributed by atoms with E-state index in [1.165, 1.54) is 13.8 Å². The van der Waals surface area contributed by atoms with Crippen molar-refractivity contribution >= 4 is 23.5 Å². The molecule has 2 atom stereocenters. The molecule has 2 unspecified atom stereocenters. The van der Waals surface area contributed by atoms with Crippen LogP contribution in [-0.2, 0) is 36.0 Å².